The second-order valence-corrected chi connectivity index (χ2v) is 6.46. The number of fused-ring (bicyclic) bond motifs is 2. The van der Waals surface area contributed by atoms with Crippen molar-refractivity contribution in [3.63, 3.8) is 0 Å². The fraction of sp³-hybridized carbons (Fsp3) is 0.267. The number of halogens is 1. The summed E-state index contributed by atoms with van der Waals surface area (Å²) >= 11 is 1.22. The van der Waals surface area contributed by atoms with Crippen LogP contribution < -0.4 is 10.2 Å². The van der Waals surface area contributed by atoms with E-state index in [2.05, 4.69) is 5.32 Å². The van der Waals surface area contributed by atoms with Gasteiger partial charge in [0.1, 0.15) is 11.5 Å². The van der Waals surface area contributed by atoms with Gasteiger partial charge in [-0.2, -0.15) is 0 Å². The Balaban J connectivity index is 1.79. The lowest BCUT2D eigenvalue weighted by Crippen LogP contribution is -2.34. The standard InChI is InChI=1S/C15H12FN3O3S/c16-8-5-12-9(17-13(20)7-23-12)6-11(8)19-14(21)10-3-1-2-4-18(10)15(19)22/h3,5-6H,1-2,4,7H2,(H,17,20). The minimum atomic E-state index is -0.658. The molecule has 6 nitrogen and oxygen atoms in total. The van der Waals surface area contributed by atoms with Gasteiger partial charge >= 0.3 is 6.03 Å². The number of imide groups is 1. The number of amides is 4. The molecule has 1 saturated heterocycles. The molecule has 8 heteroatoms. The molecule has 3 heterocycles. The van der Waals surface area contributed by atoms with Crippen LogP contribution in [0.3, 0.4) is 0 Å². The molecule has 3 aliphatic rings. The Bertz CT molecular complexity index is 792. The van der Waals surface area contributed by atoms with Gasteiger partial charge in [0.05, 0.1) is 17.1 Å². The molecular formula is C15H12FN3O3S. The number of carbonyl (C=O) groups is 3. The van der Waals surface area contributed by atoms with Crippen LogP contribution in [0.5, 0.6) is 0 Å². The molecule has 1 fully saturated rings. The van der Waals surface area contributed by atoms with Crippen molar-refractivity contribution in [2.24, 2.45) is 0 Å². The number of thioether (sulfide) groups is 1. The number of benzene rings is 1. The number of urea groups is 1. The smallest absolute Gasteiger partial charge is 0.324 e. The summed E-state index contributed by atoms with van der Waals surface area (Å²) in [6.07, 6.45) is 3.20. The first-order valence-corrected chi connectivity index (χ1v) is 8.17. The first kappa shape index (κ1) is 14.3. The summed E-state index contributed by atoms with van der Waals surface area (Å²) in [5, 5.41) is 2.64. The lowest BCUT2D eigenvalue weighted by atomic mass is 10.2. The maximum absolute atomic E-state index is 14.4. The molecular weight excluding hydrogens is 321 g/mol. The molecule has 0 radical (unpaired) electrons. The molecule has 1 N–H and O–H groups in total. The van der Waals surface area contributed by atoms with E-state index in [-0.39, 0.29) is 17.3 Å². The van der Waals surface area contributed by atoms with Gasteiger partial charge in [-0.15, -0.1) is 11.8 Å². The fourth-order valence-electron chi connectivity index (χ4n) is 2.92. The second-order valence-electron chi connectivity index (χ2n) is 5.44. The van der Waals surface area contributed by atoms with E-state index in [4.69, 9.17) is 0 Å². The van der Waals surface area contributed by atoms with Gasteiger partial charge in [0.25, 0.3) is 5.91 Å². The molecule has 0 aromatic heterocycles. The Hall–Kier alpha value is -2.35. The van der Waals surface area contributed by atoms with E-state index in [0.29, 0.717) is 22.8 Å². The summed E-state index contributed by atoms with van der Waals surface area (Å²) in [5.74, 6) is -1.16. The van der Waals surface area contributed by atoms with Crippen molar-refractivity contribution in [1.82, 2.24) is 4.90 Å². The highest BCUT2D eigenvalue weighted by molar-refractivity contribution is 8.00. The molecule has 1 aromatic rings. The highest BCUT2D eigenvalue weighted by Gasteiger charge is 2.43. The molecule has 118 valence electrons. The highest BCUT2D eigenvalue weighted by atomic mass is 32.2. The van der Waals surface area contributed by atoms with E-state index < -0.39 is 17.8 Å². The van der Waals surface area contributed by atoms with Crippen molar-refractivity contribution in [3.8, 4) is 0 Å². The summed E-state index contributed by atoms with van der Waals surface area (Å²) < 4.78 is 14.4. The lowest BCUT2D eigenvalue weighted by Gasteiger charge is -2.21. The predicted octanol–water partition coefficient (Wildman–Crippen LogP) is 2.32. The molecule has 0 aliphatic carbocycles. The number of nitrogens with one attached hydrogen (secondary N) is 1. The fourth-order valence-corrected chi connectivity index (χ4v) is 3.73. The van der Waals surface area contributed by atoms with Crippen molar-refractivity contribution in [3.05, 3.63) is 29.7 Å². The molecule has 1 aromatic carbocycles. The largest absolute Gasteiger partial charge is 0.336 e. The molecule has 0 atom stereocenters. The Morgan fingerprint density at radius 1 is 1.22 bits per heavy atom. The summed E-state index contributed by atoms with van der Waals surface area (Å²) in [6.45, 7) is 0.450. The Morgan fingerprint density at radius 2 is 2.04 bits per heavy atom. The maximum Gasteiger partial charge on any atom is 0.336 e. The van der Waals surface area contributed by atoms with E-state index >= 15 is 0 Å². The zero-order chi connectivity index (χ0) is 16.1. The number of nitrogens with zero attached hydrogens (tertiary/aromatic N) is 2. The number of rotatable bonds is 1. The number of anilines is 2. The number of carbonyl (C=O) groups excluding carboxylic acids is 3. The minimum absolute atomic E-state index is 0.128. The topological polar surface area (TPSA) is 69.7 Å². The SMILES string of the molecule is O=C1CSc2cc(F)c(N3C(=O)C4=CCCCN4C3=O)cc2N1. The van der Waals surface area contributed by atoms with E-state index in [9.17, 15) is 18.8 Å². The quantitative estimate of drug-likeness (QED) is 0.801. The number of allylic oxidation sites excluding steroid dienone is 1. The molecule has 0 unspecified atom stereocenters. The third kappa shape index (κ3) is 2.13. The summed E-state index contributed by atoms with van der Waals surface area (Å²) in [7, 11) is 0. The third-order valence-corrected chi connectivity index (χ3v) is 5.04. The van der Waals surface area contributed by atoms with E-state index in [1.807, 2.05) is 0 Å². The summed E-state index contributed by atoms with van der Waals surface area (Å²) in [6, 6.07) is 2.06. The predicted molar refractivity (Wildman–Crippen MR) is 82.7 cm³/mol. The monoisotopic (exact) mass is 333 g/mol. The molecule has 4 amide bonds. The van der Waals surface area contributed by atoms with Crippen LogP contribution in [0.2, 0.25) is 0 Å². The molecule has 4 rings (SSSR count). The van der Waals surface area contributed by atoms with Crippen molar-refractivity contribution in [2.75, 3.05) is 22.5 Å². The second kappa shape index (κ2) is 5.09. The average Bonchev–Trinajstić information content (AvgIpc) is 2.79. The van der Waals surface area contributed by atoms with Gasteiger partial charge in [-0.1, -0.05) is 6.08 Å². The average molecular weight is 333 g/mol. The molecule has 0 saturated carbocycles. The van der Waals surface area contributed by atoms with Crippen molar-refractivity contribution in [1.29, 1.82) is 0 Å². The Kier molecular flexibility index (Phi) is 3.15. The first-order chi connectivity index (χ1) is 11.1. The van der Waals surface area contributed by atoms with Gasteiger partial charge < -0.3 is 5.32 Å². The molecule has 0 spiro atoms. The van der Waals surface area contributed by atoms with Gasteiger partial charge in [-0.25, -0.2) is 14.1 Å². The zero-order valence-corrected chi connectivity index (χ0v) is 12.8. The Morgan fingerprint density at radius 3 is 2.83 bits per heavy atom. The van der Waals surface area contributed by atoms with Crippen molar-refractivity contribution < 1.29 is 18.8 Å². The van der Waals surface area contributed by atoms with Crippen LogP contribution in [0.15, 0.2) is 28.8 Å². The van der Waals surface area contributed by atoms with Crippen molar-refractivity contribution in [2.45, 2.75) is 17.7 Å². The summed E-state index contributed by atoms with van der Waals surface area (Å²) in [4.78, 5) is 39.2. The number of hydrogen-bond donors (Lipinski definition) is 1. The van der Waals surface area contributed by atoms with Crippen molar-refractivity contribution >= 4 is 41.0 Å². The van der Waals surface area contributed by atoms with Gasteiger partial charge in [0, 0.05) is 11.4 Å². The van der Waals surface area contributed by atoms with Gasteiger partial charge in [0.15, 0.2) is 0 Å². The van der Waals surface area contributed by atoms with Crippen LogP contribution in [0.4, 0.5) is 20.6 Å². The van der Waals surface area contributed by atoms with Gasteiger partial charge in [-0.05, 0) is 25.0 Å². The molecule has 23 heavy (non-hydrogen) atoms. The van der Waals surface area contributed by atoms with Crippen LogP contribution >= 0.6 is 11.8 Å². The van der Waals surface area contributed by atoms with Crippen LogP contribution in [-0.2, 0) is 9.59 Å². The normalized spacial score (nSPS) is 20.2. The van der Waals surface area contributed by atoms with Crippen LogP contribution in [0.25, 0.3) is 0 Å². The van der Waals surface area contributed by atoms with E-state index in [1.165, 1.54) is 28.8 Å². The van der Waals surface area contributed by atoms with Gasteiger partial charge in [0.2, 0.25) is 5.91 Å². The molecule has 0 bridgehead atoms. The summed E-state index contributed by atoms with van der Waals surface area (Å²) in [5.41, 5.74) is 0.593. The first-order valence-electron chi connectivity index (χ1n) is 7.18. The lowest BCUT2D eigenvalue weighted by molar-refractivity contribution is -0.115. The van der Waals surface area contributed by atoms with Crippen LogP contribution in [0.1, 0.15) is 12.8 Å². The highest BCUT2D eigenvalue weighted by Crippen LogP contribution is 2.39. The molecule has 3 aliphatic heterocycles. The maximum atomic E-state index is 14.4. The number of hydrogen-bond acceptors (Lipinski definition) is 4. The minimum Gasteiger partial charge on any atom is -0.324 e. The third-order valence-electron chi connectivity index (χ3n) is 3.98. The van der Waals surface area contributed by atoms with Gasteiger partial charge in [-0.3, -0.25) is 14.5 Å². The van der Waals surface area contributed by atoms with Crippen LogP contribution in [0, 0.1) is 5.82 Å². The zero-order valence-electron chi connectivity index (χ0n) is 12.0. The van der Waals surface area contributed by atoms with E-state index in [1.54, 1.807) is 6.08 Å². The van der Waals surface area contributed by atoms with Crippen LogP contribution in [-0.4, -0.2) is 35.0 Å². The van der Waals surface area contributed by atoms with E-state index in [0.717, 1.165) is 17.7 Å². The Labute approximate surface area is 135 Å².